The molecule has 0 radical (unpaired) electrons. The van der Waals surface area contributed by atoms with Gasteiger partial charge in [0.2, 0.25) is 5.91 Å². The standard InChI is InChI=1S/C21H17ClN2O3/c22-19-7-2-1-4-16(19)13-27-18-6-3-5-15(12-18)21(26)24-17-10-8-14(9-11-17)20(23)25/h1-12H,13H2,(H2,23,25)(H,24,26). The molecule has 5 nitrogen and oxygen atoms in total. The number of primary amides is 1. The van der Waals surface area contributed by atoms with Crippen molar-refractivity contribution in [1.29, 1.82) is 0 Å². The number of ether oxygens (including phenoxy) is 1. The number of hydrogen-bond donors (Lipinski definition) is 2. The first-order valence-corrected chi connectivity index (χ1v) is 8.58. The monoisotopic (exact) mass is 380 g/mol. The van der Waals surface area contributed by atoms with Crippen LogP contribution < -0.4 is 15.8 Å². The number of benzene rings is 3. The average Bonchev–Trinajstić information content (AvgIpc) is 2.68. The van der Waals surface area contributed by atoms with Crippen molar-refractivity contribution in [2.24, 2.45) is 5.73 Å². The van der Waals surface area contributed by atoms with Crippen LogP contribution in [0.15, 0.2) is 72.8 Å². The lowest BCUT2D eigenvalue weighted by molar-refractivity contribution is 0.0998. The normalized spacial score (nSPS) is 10.3. The number of nitrogens with one attached hydrogen (secondary N) is 1. The molecule has 0 bridgehead atoms. The van der Waals surface area contributed by atoms with Gasteiger partial charge in [-0.2, -0.15) is 0 Å². The maximum Gasteiger partial charge on any atom is 0.255 e. The highest BCUT2D eigenvalue weighted by molar-refractivity contribution is 6.31. The SMILES string of the molecule is NC(=O)c1ccc(NC(=O)c2cccc(OCc3ccccc3Cl)c2)cc1. The summed E-state index contributed by atoms with van der Waals surface area (Å²) in [5.41, 5.74) is 7.46. The van der Waals surface area contributed by atoms with Gasteiger partial charge in [-0.25, -0.2) is 0 Å². The number of halogens is 1. The van der Waals surface area contributed by atoms with E-state index in [1.807, 2.05) is 18.2 Å². The summed E-state index contributed by atoms with van der Waals surface area (Å²) >= 11 is 6.12. The Hall–Kier alpha value is -3.31. The van der Waals surface area contributed by atoms with Gasteiger partial charge in [-0.1, -0.05) is 35.9 Å². The molecular formula is C21H17ClN2O3. The fourth-order valence-electron chi connectivity index (χ4n) is 2.42. The highest BCUT2D eigenvalue weighted by Gasteiger charge is 2.09. The summed E-state index contributed by atoms with van der Waals surface area (Å²) in [4.78, 5) is 23.5. The van der Waals surface area contributed by atoms with Crippen LogP contribution in [0.4, 0.5) is 5.69 Å². The molecule has 0 heterocycles. The fraction of sp³-hybridized carbons (Fsp3) is 0.0476. The summed E-state index contributed by atoms with van der Waals surface area (Å²) in [7, 11) is 0. The maximum atomic E-state index is 12.4. The Morgan fingerprint density at radius 3 is 2.37 bits per heavy atom. The van der Waals surface area contributed by atoms with Crippen molar-refractivity contribution in [3.8, 4) is 5.75 Å². The van der Waals surface area contributed by atoms with E-state index in [9.17, 15) is 9.59 Å². The third-order valence-electron chi connectivity index (χ3n) is 3.88. The molecular weight excluding hydrogens is 364 g/mol. The minimum absolute atomic E-state index is 0.287. The number of carbonyl (C=O) groups excluding carboxylic acids is 2. The summed E-state index contributed by atoms with van der Waals surface area (Å²) in [5, 5.41) is 3.40. The van der Waals surface area contributed by atoms with Gasteiger partial charge in [0.15, 0.2) is 0 Å². The Bertz CT molecular complexity index is 971. The third-order valence-corrected chi connectivity index (χ3v) is 4.24. The van der Waals surface area contributed by atoms with Crippen LogP contribution in [-0.2, 0) is 6.61 Å². The molecule has 136 valence electrons. The van der Waals surface area contributed by atoms with E-state index in [0.717, 1.165) is 5.56 Å². The molecule has 3 N–H and O–H groups in total. The molecule has 0 aromatic heterocycles. The second-order valence-corrected chi connectivity index (χ2v) is 6.21. The molecule has 27 heavy (non-hydrogen) atoms. The summed E-state index contributed by atoms with van der Waals surface area (Å²) in [6.07, 6.45) is 0. The van der Waals surface area contributed by atoms with Crippen LogP contribution in [0.5, 0.6) is 5.75 Å². The summed E-state index contributed by atoms with van der Waals surface area (Å²) < 4.78 is 5.74. The second kappa shape index (κ2) is 8.38. The van der Waals surface area contributed by atoms with Crippen molar-refractivity contribution in [3.05, 3.63) is 94.5 Å². The Kier molecular flexibility index (Phi) is 5.74. The van der Waals surface area contributed by atoms with Crippen molar-refractivity contribution in [2.45, 2.75) is 6.61 Å². The van der Waals surface area contributed by atoms with Crippen LogP contribution in [0.2, 0.25) is 5.02 Å². The molecule has 0 aliphatic carbocycles. The Labute approximate surface area is 161 Å². The Balaban J connectivity index is 1.66. The number of anilines is 1. The molecule has 3 rings (SSSR count). The predicted octanol–water partition coefficient (Wildman–Crippen LogP) is 4.27. The van der Waals surface area contributed by atoms with Crippen molar-refractivity contribution in [1.82, 2.24) is 0 Å². The van der Waals surface area contributed by atoms with Crippen molar-refractivity contribution in [2.75, 3.05) is 5.32 Å². The number of hydrogen-bond acceptors (Lipinski definition) is 3. The molecule has 0 aliphatic heterocycles. The highest BCUT2D eigenvalue weighted by Crippen LogP contribution is 2.20. The van der Waals surface area contributed by atoms with Crippen molar-refractivity contribution in [3.63, 3.8) is 0 Å². The third kappa shape index (κ3) is 4.86. The molecule has 0 fully saturated rings. The van der Waals surface area contributed by atoms with E-state index in [0.29, 0.717) is 34.2 Å². The highest BCUT2D eigenvalue weighted by atomic mass is 35.5. The molecule has 2 amide bonds. The lowest BCUT2D eigenvalue weighted by Crippen LogP contribution is -2.13. The van der Waals surface area contributed by atoms with Gasteiger partial charge < -0.3 is 15.8 Å². The number of nitrogens with two attached hydrogens (primary N) is 1. The minimum Gasteiger partial charge on any atom is -0.489 e. The van der Waals surface area contributed by atoms with Gasteiger partial charge in [0.25, 0.3) is 5.91 Å². The zero-order valence-electron chi connectivity index (χ0n) is 14.3. The largest absolute Gasteiger partial charge is 0.489 e. The minimum atomic E-state index is -0.517. The molecule has 0 aliphatic rings. The van der Waals surface area contributed by atoms with Gasteiger partial charge in [0.05, 0.1) is 0 Å². The van der Waals surface area contributed by atoms with Crippen LogP contribution in [-0.4, -0.2) is 11.8 Å². The van der Waals surface area contributed by atoms with E-state index in [2.05, 4.69) is 5.32 Å². The molecule has 0 saturated carbocycles. The predicted molar refractivity (Wildman–Crippen MR) is 105 cm³/mol. The first kappa shape index (κ1) is 18.5. The van der Waals surface area contributed by atoms with Crippen LogP contribution >= 0.6 is 11.6 Å². The second-order valence-electron chi connectivity index (χ2n) is 5.80. The van der Waals surface area contributed by atoms with Crippen molar-refractivity contribution < 1.29 is 14.3 Å². The number of rotatable bonds is 6. The lowest BCUT2D eigenvalue weighted by Gasteiger charge is -2.10. The lowest BCUT2D eigenvalue weighted by atomic mass is 10.1. The number of carbonyl (C=O) groups is 2. The molecule has 0 spiro atoms. The van der Waals surface area contributed by atoms with E-state index >= 15 is 0 Å². The molecule has 0 atom stereocenters. The van der Waals surface area contributed by atoms with Crippen LogP contribution in [0.3, 0.4) is 0 Å². The Morgan fingerprint density at radius 1 is 0.926 bits per heavy atom. The van der Waals surface area contributed by atoms with E-state index in [1.165, 1.54) is 0 Å². The molecule has 3 aromatic rings. The van der Waals surface area contributed by atoms with Gasteiger partial charge in [0.1, 0.15) is 12.4 Å². The summed E-state index contributed by atoms with van der Waals surface area (Å²) in [6, 6.07) is 20.6. The zero-order chi connectivity index (χ0) is 19.2. The topological polar surface area (TPSA) is 81.4 Å². The molecule has 0 unspecified atom stereocenters. The van der Waals surface area contributed by atoms with Crippen LogP contribution in [0, 0.1) is 0 Å². The van der Waals surface area contributed by atoms with Crippen LogP contribution in [0.25, 0.3) is 0 Å². The zero-order valence-corrected chi connectivity index (χ0v) is 15.1. The van der Waals surface area contributed by atoms with E-state index in [4.69, 9.17) is 22.1 Å². The number of amides is 2. The maximum absolute atomic E-state index is 12.4. The van der Waals surface area contributed by atoms with E-state index < -0.39 is 5.91 Å². The Morgan fingerprint density at radius 2 is 1.67 bits per heavy atom. The molecule has 0 saturated heterocycles. The first-order valence-electron chi connectivity index (χ1n) is 8.20. The smallest absolute Gasteiger partial charge is 0.255 e. The molecule has 6 heteroatoms. The quantitative estimate of drug-likeness (QED) is 0.670. The van der Waals surface area contributed by atoms with Gasteiger partial charge in [0, 0.05) is 27.4 Å². The van der Waals surface area contributed by atoms with Gasteiger partial charge in [-0.15, -0.1) is 0 Å². The summed E-state index contributed by atoms with van der Waals surface area (Å²) in [6.45, 7) is 0.305. The average molecular weight is 381 g/mol. The van der Waals surface area contributed by atoms with E-state index in [1.54, 1.807) is 54.6 Å². The molecule has 3 aromatic carbocycles. The van der Waals surface area contributed by atoms with Gasteiger partial charge in [-0.3, -0.25) is 9.59 Å². The fourth-order valence-corrected chi connectivity index (χ4v) is 2.62. The first-order chi connectivity index (χ1) is 13.0. The van der Waals surface area contributed by atoms with Crippen molar-refractivity contribution >= 4 is 29.1 Å². The van der Waals surface area contributed by atoms with Crippen LogP contribution in [0.1, 0.15) is 26.3 Å². The van der Waals surface area contributed by atoms with E-state index in [-0.39, 0.29) is 5.91 Å². The van der Waals surface area contributed by atoms with Gasteiger partial charge >= 0.3 is 0 Å². The van der Waals surface area contributed by atoms with Gasteiger partial charge in [-0.05, 0) is 48.5 Å². The summed E-state index contributed by atoms with van der Waals surface area (Å²) in [5.74, 6) is -0.243.